The van der Waals surface area contributed by atoms with Gasteiger partial charge in [0.1, 0.15) is 0 Å². The van der Waals surface area contributed by atoms with E-state index in [0.29, 0.717) is 10.8 Å². The monoisotopic (exact) mass is 276 g/mol. The lowest BCUT2D eigenvalue weighted by atomic mass is 10.1. The lowest BCUT2D eigenvalue weighted by molar-refractivity contribution is -0.384. The van der Waals surface area contributed by atoms with Crippen molar-refractivity contribution in [2.45, 2.75) is 25.8 Å². The third-order valence-electron chi connectivity index (χ3n) is 3.28. The Kier molecular flexibility index (Phi) is 2.70. The number of non-ortho nitro benzene ring substituents is 1. The van der Waals surface area contributed by atoms with Crippen molar-refractivity contribution in [3.63, 3.8) is 0 Å². The average Bonchev–Trinajstić information content (AvgIpc) is 3.13. The molecule has 1 saturated carbocycles. The van der Waals surface area contributed by atoms with Crippen LogP contribution in [0, 0.1) is 21.8 Å². The molecular weight excluding hydrogens is 264 g/mol. The summed E-state index contributed by atoms with van der Waals surface area (Å²) < 4.78 is 2.61. The zero-order valence-electron chi connectivity index (χ0n) is 10.3. The highest BCUT2D eigenvalue weighted by atomic mass is 32.1. The lowest BCUT2D eigenvalue weighted by Gasteiger charge is -2.07. The zero-order valence-corrected chi connectivity index (χ0v) is 11.1. The molecule has 1 aromatic carbocycles. The smallest absolute Gasteiger partial charge is 0.269 e. The second-order valence-corrected chi connectivity index (χ2v) is 5.10. The first-order valence-electron chi connectivity index (χ1n) is 6.00. The van der Waals surface area contributed by atoms with Crippen LogP contribution in [0.15, 0.2) is 18.2 Å². The summed E-state index contributed by atoms with van der Waals surface area (Å²) in [6, 6.07) is 5.20. The molecule has 1 heterocycles. The molecule has 19 heavy (non-hydrogen) atoms. The maximum atomic E-state index is 10.8. The fourth-order valence-corrected chi connectivity index (χ4v) is 2.46. The van der Waals surface area contributed by atoms with E-state index in [1.165, 1.54) is 6.07 Å². The summed E-state index contributed by atoms with van der Waals surface area (Å²) in [7, 11) is 0. The molecule has 2 aromatic rings. The van der Waals surface area contributed by atoms with Crippen molar-refractivity contribution in [2.24, 2.45) is 0 Å². The Bertz CT molecular complexity index is 715. The van der Waals surface area contributed by atoms with Gasteiger partial charge < -0.3 is 0 Å². The van der Waals surface area contributed by atoms with Gasteiger partial charge in [-0.15, -0.1) is 0 Å². The van der Waals surface area contributed by atoms with Crippen molar-refractivity contribution in [3.05, 3.63) is 38.6 Å². The normalized spacial score (nSPS) is 14.6. The Hall–Kier alpha value is -2.02. The van der Waals surface area contributed by atoms with E-state index in [4.69, 9.17) is 12.2 Å². The van der Waals surface area contributed by atoms with Gasteiger partial charge in [-0.05, 0) is 43.6 Å². The highest BCUT2D eigenvalue weighted by molar-refractivity contribution is 7.71. The van der Waals surface area contributed by atoms with Gasteiger partial charge in [0.2, 0.25) is 0 Å². The number of aryl methyl sites for hydroxylation is 1. The molecule has 0 unspecified atom stereocenters. The van der Waals surface area contributed by atoms with Gasteiger partial charge >= 0.3 is 0 Å². The van der Waals surface area contributed by atoms with Crippen LogP contribution in [0.1, 0.15) is 24.4 Å². The summed E-state index contributed by atoms with van der Waals surface area (Å²) in [5.41, 5.74) is 1.79. The second kappa shape index (κ2) is 4.27. The van der Waals surface area contributed by atoms with Gasteiger partial charge in [-0.3, -0.25) is 19.8 Å². The average molecular weight is 276 g/mol. The third kappa shape index (κ3) is 2.06. The van der Waals surface area contributed by atoms with E-state index in [-0.39, 0.29) is 5.69 Å². The Morgan fingerprint density at radius 2 is 2.26 bits per heavy atom. The standard InChI is InChI=1S/C12H12N4O2S/c1-7-6-9(16(17)18)4-5-10(7)11-13-14-12(19)15(11)8-2-3-8/h4-6,8H,2-3H2,1H3,(H,14,19). The summed E-state index contributed by atoms with van der Waals surface area (Å²) in [6.07, 6.45) is 2.21. The molecule has 7 heteroatoms. The number of benzene rings is 1. The van der Waals surface area contributed by atoms with Gasteiger partial charge in [-0.1, -0.05) is 0 Å². The number of nitro groups is 1. The van der Waals surface area contributed by atoms with Crippen LogP contribution in [0.2, 0.25) is 0 Å². The van der Waals surface area contributed by atoms with E-state index < -0.39 is 4.92 Å². The number of hydrogen-bond donors (Lipinski definition) is 1. The van der Waals surface area contributed by atoms with Gasteiger partial charge in [0.15, 0.2) is 10.6 Å². The van der Waals surface area contributed by atoms with E-state index in [0.717, 1.165) is 29.8 Å². The largest absolute Gasteiger partial charge is 0.297 e. The molecule has 0 aliphatic heterocycles. The molecule has 6 nitrogen and oxygen atoms in total. The predicted octanol–water partition coefficient (Wildman–Crippen LogP) is 3.16. The molecule has 98 valence electrons. The van der Waals surface area contributed by atoms with Crippen LogP contribution in [0.4, 0.5) is 5.69 Å². The van der Waals surface area contributed by atoms with Crippen LogP contribution in [0.5, 0.6) is 0 Å². The quantitative estimate of drug-likeness (QED) is 0.530. The van der Waals surface area contributed by atoms with Crippen molar-refractivity contribution in [1.29, 1.82) is 0 Å². The second-order valence-electron chi connectivity index (χ2n) is 4.71. The van der Waals surface area contributed by atoms with Gasteiger partial charge in [0.25, 0.3) is 5.69 Å². The van der Waals surface area contributed by atoms with Crippen LogP contribution < -0.4 is 0 Å². The van der Waals surface area contributed by atoms with E-state index >= 15 is 0 Å². The maximum absolute atomic E-state index is 10.8. The maximum Gasteiger partial charge on any atom is 0.269 e. The van der Waals surface area contributed by atoms with E-state index in [2.05, 4.69) is 10.2 Å². The summed E-state index contributed by atoms with van der Waals surface area (Å²) in [5, 5.41) is 17.8. The molecule has 1 aromatic heterocycles. The highest BCUT2D eigenvalue weighted by Gasteiger charge is 2.28. The van der Waals surface area contributed by atoms with Gasteiger partial charge in [0.05, 0.1) is 4.92 Å². The number of hydrogen-bond acceptors (Lipinski definition) is 4. The molecule has 0 amide bonds. The van der Waals surface area contributed by atoms with Gasteiger partial charge in [0, 0.05) is 23.7 Å². The minimum absolute atomic E-state index is 0.0911. The third-order valence-corrected chi connectivity index (χ3v) is 3.57. The number of aromatic nitrogens is 3. The van der Waals surface area contributed by atoms with Crippen LogP contribution >= 0.6 is 12.2 Å². The molecule has 3 rings (SSSR count). The van der Waals surface area contributed by atoms with Crippen molar-refractivity contribution in [3.8, 4) is 11.4 Å². The van der Waals surface area contributed by atoms with E-state index in [1.807, 2.05) is 11.5 Å². The van der Waals surface area contributed by atoms with Gasteiger partial charge in [-0.25, -0.2) is 0 Å². The van der Waals surface area contributed by atoms with Crippen molar-refractivity contribution in [1.82, 2.24) is 14.8 Å². The van der Waals surface area contributed by atoms with Crippen molar-refractivity contribution >= 4 is 17.9 Å². The first-order valence-corrected chi connectivity index (χ1v) is 6.41. The summed E-state index contributed by atoms with van der Waals surface area (Å²) in [4.78, 5) is 10.4. The van der Waals surface area contributed by atoms with Crippen LogP contribution in [0.3, 0.4) is 0 Å². The minimum atomic E-state index is -0.394. The Morgan fingerprint density at radius 3 is 2.84 bits per heavy atom. The van der Waals surface area contributed by atoms with Crippen LogP contribution in [-0.2, 0) is 0 Å². The summed E-state index contributed by atoms with van der Waals surface area (Å²) in [5.74, 6) is 0.764. The summed E-state index contributed by atoms with van der Waals surface area (Å²) >= 11 is 5.24. The number of nitrogens with one attached hydrogen (secondary N) is 1. The molecule has 0 bridgehead atoms. The lowest BCUT2D eigenvalue weighted by Crippen LogP contribution is -1.99. The summed E-state index contributed by atoms with van der Waals surface area (Å²) in [6.45, 7) is 1.84. The first kappa shape index (κ1) is 12.0. The zero-order chi connectivity index (χ0) is 13.6. The topological polar surface area (TPSA) is 76.8 Å². The highest BCUT2D eigenvalue weighted by Crippen LogP contribution is 2.38. The molecule has 0 saturated heterocycles. The number of nitrogens with zero attached hydrogens (tertiary/aromatic N) is 3. The number of H-pyrrole nitrogens is 1. The molecular formula is C12H12N4O2S. The van der Waals surface area contributed by atoms with Crippen LogP contribution in [-0.4, -0.2) is 19.7 Å². The first-order chi connectivity index (χ1) is 9.08. The molecule has 0 radical (unpaired) electrons. The van der Waals surface area contributed by atoms with E-state index in [9.17, 15) is 10.1 Å². The Balaban J connectivity index is 2.12. The minimum Gasteiger partial charge on any atom is -0.297 e. The fourth-order valence-electron chi connectivity index (χ4n) is 2.18. The van der Waals surface area contributed by atoms with Crippen molar-refractivity contribution < 1.29 is 4.92 Å². The molecule has 1 aliphatic carbocycles. The Labute approximate surface area is 114 Å². The van der Waals surface area contributed by atoms with Gasteiger partial charge in [-0.2, -0.15) is 5.10 Å². The predicted molar refractivity (Wildman–Crippen MR) is 72.5 cm³/mol. The number of aromatic amines is 1. The number of nitro benzene ring substituents is 1. The molecule has 1 N–H and O–H groups in total. The molecule has 0 atom stereocenters. The number of rotatable bonds is 3. The SMILES string of the molecule is Cc1cc([N+](=O)[O-])ccc1-c1n[nH]c(=S)n1C1CC1. The fraction of sp³-hybridized carbons (Fsp3) is 0.333. The molecule has 1 aliphatic rings. The Morgan fingerprint density at radius 1 is 1.53 bits per heavy atom. The van der Waals surface area contributed by atoms with E-state index in [1.54, 1.807) is 12.1 Å². The molecule has 0 spiro atoms. The molecule has 1 fully saturated rings. The van der Waals surface area contributed by atoms with Crippen LogP contribution in [0.25, 0.3) is 11.4 Å². The van der Waals surface area contributed by atoms with Crippen molar-refractivity contribution in [2.75, 3.05) is 0 Å².